The molecule has 0 aliphatic rings. The molecule has 0 bridgehead atoms. The predicted octanol–water partition coefficient (Wildman–Crippen LogP) is 5.66. The molecule has 11 heteroatoms. The van der Waals surface area contributed by atoms with Gasteiger partial charge in [-0.1, -0.05) is 53.7 Å². The van der Waals surface area contributed by atoms with Gasteiger partial charge in [0.25, 0.3) is 0 Å². The second kappa shape index (κ2) is 11.7. The zero-order chi connectivity index (χ0) is 27.1. The highest BCUT2D eigenvalue weighted by atomic mass is 19.4. The van der Waals surface area contributed by atoms with E-state index < -0.39 is 12.3 Å². The molecule has 0 amide bonds. The lowest BCUT2D eigenvalue weighted by Gasteiger charge is -2.11. The van der Waals surface area contributed by atoms with Gasteiger partial charge < -0.3 is 18.9 Å². The summed E-state index contributed by atoms with van der Waals surface area (Å²) in [4.78, 5) is 12.4. The third kappa shape index (κ3) is 6.81. The van der Waals surface area contributed by atoms with E-state index in [4.69, 9.17) is 14.2 Å². The Morgan fingerprint density at radius 3 is 2.03 bits per heavy atom. The van der Waals surface area contributed by atoms with Crippen LogP contribution >= 0.6 is 0 Å². The van der Waals surface area contributed by atoms with E-state index in [2.05, 4.69) is 15.0 Å². The van der Waals surface area contributed by atoms with E-state index in [-0.39, 0.29) is 30.5 Å². The predicted molar refractivity (Wildman–Crippen MR) is 131 cm³/mol. The maximum absolute atomic E-state index is 12.4. The summed E-state index contributed by atoms with van der Waals surface area (Å²) in [5.41, 5.74) is 3.17. The molecule has 4 aromatic rings. The van der Waals surface area contributed by atoms with Gasteiger partial charge in [-0.25, -0.2) is 9.48 Å². The third-order valence-electron chi connectivity index (χ3n) is 5.40. The highest BCUT2D eigenvalue weighted by molar-refractivity contribution is 5.89. The number of esters is 1. The first-order valence-corrected chi connectivity index (χ1v) is 11.6. The average molecular weight is 527 g/mol. The summed E-state index contributed by atoms with van der Waals surface area (Å²) in [5.74, 6) is -0.0473. The van der Waals surface area contributed by atoms with E-state index in [1.54, 1.807) is 26.2 Å². The lowest BCUT2D eigenvalue weighted by Crippen LogP contribution is -2.16. The van der Waals surface area contributed by atoms with E-state index >= 15 is 0 Å². The summed E-state index contributed by atoms with van der Waals surface area (Å²) >= 11 is 0. The van der Waals surface area contributed by atoms with Crippen molar-refractivity contribution in [3.63, 3.8) is 0 Å². The second-order valence-electron chi connectivity index (χ2n) is 8.03. The van der Waals surface area contributed by atoms with Crippen LogP contribution in [-0.2, 0) is 17.9 Å². The molecule has 0 N–H and O–H groups in total. The molecule has 3 aromatic carbocycles. The molecule has 38 heavy (non-hydrogen) atoms. The Labute approximate surface area is 216 Å². The van der Waals surface area contributed by atoms with Gasteiger partial charge in [-0.15, -0.1) is 18.3 Å². The Bertz CT molecular complexity index is 1350. The largest absolute Gasteiger partial charge is 0.573 e. The molecule has 1 aromatic heterocycles. The van der Waals surface area contributed by atoms with Crippen molar-refractivity contribution in [1.29, 1.82) is 0 Å². The van der Waals surface area contributed by atoms with Crippen molar-refractivity contribution in [2.75, 3.05) is 13.7 Å². The van der Waals surface area contributed by atoms with Crippen molar-refractivity contribution in [1.82, 2.24) is 15.0 Å². The first-order valence-electron chi connectivity index (χ1n) is 11.6. The molecule has 0 fully saturated rings. The number of alkyl halides is 3. The maximum atomic E-state index is 12.4. The standard InChI is InChI=1S/C27H24F3N3O5/c1-3-36-26(34)24-25(33(32-31-24)16-18-6-12-22(35-2)13-7-18)37-17-19-4-8-20(9-5-19)21-10-14-23(15-11-21)38-27(28,29)30/h4-15H,3,16-17H2,1-2H3. The van der Waals surface area contributed by atoms with Gasteiger partial charge in [-0.3, -0.25) is 0 Å². The van der Waals surface area contributed by atoms with E-state index in [0.29, 0.717) is 12.3 Å². The van der Waals surface area contributed by atoms with Crippen LogP contribution in [0.1, 0.15) is 28.5 Å². The van der Waals surface area contributed by atoms with Crippen LogP contribution in [0.25, 0.3) is 11.1 Å². The molecular weight excluding hydrogens is 503 g/mol. The van der Waals surface area contributed by atoms with Crippen LogP contribution in [0.3, 0.4) is 0 Å². The fraction of sp³-hybridized carbons (Fsp3) is 0.222. The number of carbonyl (C=O) groups excluding carboxylic acids is 1. The van der Waals surface area contributed by atoms with Gasteiger partial charge in [-0.2, -0.15) is 0 Å². The van der Waals surface area contributed by atoms with Gasteiger partial charge in [0.2, 0.25) is 11.6 Å². The SMILES string of the molecule is CCOC(=O)c1nnn(Cc2ccc(OC)cc2)c1OCc1ccc(-c2ccc(OC(F)(F)F)cc2)cc1. The first kappa shape index (κ1) is 26.5. The zero-order valence-corrected chi connectivity index (χ0v) is 20.6. The van der Waals surface area contributed by atoms with Crippen LogP contribution in [0.5, 0.6) is 17.4 Å². The lowest BCUT2D eigenvalue weighted by atomic mass is 10.0. The molecule has 198 valence electrons. The van der Waals surface area contributed by atoms with E-state index in [0.717, 1.165) is 22.3 Å². The van der Waals surface area contributed by atoms with Crippen molar-refractivity contribution in [3.05, 3.63) is 89.6 Å². The molecule has 4 rings (SSSR count). The third-order valence-corrected chi connectivity index (χ3v) is 5.40. The van der Waals surface area contributed by atoms with Crippen LogP contribution in [0.2, 0.25) is 0 Å². The van der Waals surface area contributed by atoms with Crippen LogP contribution in [-0.4, -0.2) is 41.0 Å². The Balaban J connectivity index is 1.48. The fourth-order valence-electron chi connectivity index (χ4n) is 3.58. The molecule has 0 radical (unpaired) electrons. The van der Waals surface area contributed by atoms with Crippen LogP contribution in [0, 0.1) is 0 Å². The van der Waals surface area contributed by atoms with Crippen LogP contribution < -0.4 is 14.2 Å². The van der Waals surface area contributed by atoms with Gasteiger partial charge in [-0.05, 0) is 53.4 Å². The normalized spacial score (nSPS) is 11.2. The average Bonchev–Trinajstić information content (AvgIpc) is 3.30. The lowest BCUT2D eigenvalue weighted by molar-refractivity contribution is -0.274. The van der Waals surface area contributed by atoms with Crippen LogP contribution in [0.4, 0.5) is 13.2 Å². The minimum atomic E-state index is -4.74. The molecule has 0 saturated carbocycles. The van der Waals surface area contributed by atoms with E-state index in [1.807, 2.05) is 48.5 Å². The van der Waals surface area contributed by atoms with Crippen molar-refractivity contribution in [2.45, 2.75) is 26.4 Å². The number of nitrogens with zero attached hydrogens (tertiary/aromatic N) is 3. The van der Waals surface area contributed by atoms with E-state index in [1.165, 1.54) is 16.8 Å². The Morgan fingerprint density at radius 1 is 0.868 bits per heavy atom. The summed E-state index contributed by atoms with van der Waals surface area (Å²) in [6.45, 7) is 2.28. The van der Waals surface area contributed by atoms with Gasteiger partial charge in [0, 0.05) is 0 Å². The number of methoxy groups -OCH3 is 1. The Hall–Kier alpha value is -4.54. The molecule has 0 unspecified atom stereocenters. The van der Waals surface area contributed by atoms with Gasteiger partial charge in [0.05, 0.1) is 20.3 Å². The molecular formula is C27H24F3N3O5. The van der Waals surface area contributed by atoms with Gasteiger partial charge in [0.1, 0.15) is 18.1 Å². The minimum Gasteiger partial charge on any atom is -0.497 e. The van der Waals surface area contributed by atoms with Crippen LogP contribution in [0.15, 0.2) is 72.8 Å². The smallest absolute Gasteiger partial charge is 0.497 e. The molecule has 0 spiro atoms. The van der Waals surface area contributed by atoms with Gasteiger partial charge >= 0.3 is 12.3 Å². The number of benzene rings is 3. The fourth-order valence-corrected chi connectivity index (χ4v) is 3.58. The Morgan fingerprint density at radius 2 is 1.45 bits per heavy atom. The number of hydrogen-bond donors (Lipinski definition) is 0. The van der Waals surface area contributed by atoms with Crippen molar-refractivity contribution >= 4 is 5.97 Å². The molecule has 0 atom stereocenters. The number of halogens is 3. The summed E-state index contributed by atoms with van der Waals surface area (Å²) < 4.78 is 58.8. The van der Waals surface area contributed by atoms with Gasteiger partial charge in [0.15, 0.2) is 0 Å². The number of ether oxygens (including phenoxy) is 4. The number of hydrogen-bond acceptors (Lipinski definition) is 7. The van der Waals surface area contributed by atoms with Crippen molar-refractivity contribution in [2.24, 2.45) is 0 Å². The molecule has 1 heterocycles. The highest BCUT2D eigenvalue weighted by Gasteiger charge is 2.31. The highest BCUT2D eigenvalue weighted by Crippen LogP contribution is 2.27. The molecule has 0 aliphatic carbocycles. The quantitative estimate of drug-likeness (QED) is 0.246. The first-order chi connectivity index (χ1) is 18.3. The summed E-state index contributed by atoms with van der Waals surface area (Å²) in [5, 5.41) is 8.05. The zero-order valence-electron chi connectivity index (χ0n) is 20.6. The molecule has 0 aliphatic heterocycles. The molecule has 8 nitrogen and oxygen atoms in total. The monoisotopic (exact) mass is 527 g/mol. The number of aromatic nitrogens is 3. The maximum Gasteiger partial charge on any atom is 0.573 e. The topological polar surface area (TPSA) is 84.7 Å². The minimum absolute atomic E-state index is 0.0295. The summed E-state index contributed by atoms with van der Waals surface area (Å²) in [6.07, 6.45) is -4.74. The second-order valence-corrected chi connectivity index (χ2v) is 8.03. The van der Waals surface area contributed by atoms with Crippen molar-refractivity contribution in [3.8, 4) is 28.5 Å². The Kier molecular flexibility index (Phi) is 8.15. The molecule has 0 saturated heterocycles. The number of carbonyl (C=O) groups is 1. The number of rotatable bonds is 10. The van der Waals surface area contributed by atoms with Crippen molar-refractivity contribution < 1.29 is 36.9 Å². The summed E-state index contributed by atoms with van der Waals surface area (Å²) in [6, 6.07) is 20.2. The summed E-state index contributed by atoms with van der Waals surface area (Å²) in [7, 11) is 1.58. The van der Waals surface area contributed by atoms with E-state index in [9.17, 15) is 18.0 Å².